The maximum Gasteiger partial charge on any atom is 0.188 e. The summed E-state index contributed by atoms with van der Waals surface area (Å²) in [5, 5.41) is 9.79. The van der Waals surface area contributed by atoms with Gasteiger partial charge in [0.15, 0.2) is 73.2 Å². The van der Waals surface area contributed by atoms with Crippen LogP contribution in [-0.2, 0) is 38.2 Å². The number of methoxy groups -OCH3 is 8. The zero-order valence-corrected chi connectivity index (χ0v) is 27.2. The molecule has 0 radical (unpaired) electrons. The molecule has 0 unspecified atom stereocenters. The molecule has 0 heterocycles. The topological polar surface area (TPSA) is 131 Å². The summed E-state index contributed by atoms with van der Waals surface area (Å²) in [5.74, 6) is 3.88. The second-order valence-electron chi connectivity index (χ2n) is 9.34. The van der Waals surface area contributed by atoms with Gasteiger partial charge in [0.2, 0.25) is 0 Å². The number of hydrogen-bond acceptors (Lipinski definition) is 13. The fourth-order valence-corrected chi connectivity index (χ4v) is 4.83. The van der Waals surface area contributed by atoms with Gasteiger partial charge in [-0.15, -0.1) is 0 Å². The average Bonchev–Trinajstić information content (AvgIpc) is 3.04. The predicted molar refractivity (Wildman–Crippen MR) is 161 cm³/mol. The van der Waals surface area contributed by atoms with Crippen LogP contribution in [0.5, 0.6) is 46.0 Å². The molecule has 250 valence electrons. The summed E-state index contributed by atoms with van der Waals surface area (Å²) in [4.78, 5) is 0. The van der Waals surface area contributed by atoms with E-state index in [-0.39, 0.29) is 40.2 Å². The number of unbranched alkanes of at least 4 members (excludes halogenated alkanes) is 2. The van der Waals surface area contributed by atoms with E-state index in [4.69, 9.17) is 56.8 Å². The first-order valence-corrected chi connectivity index (χ1v) is 14.2. The Balaban J connectivity index is 2.40. The first-order valence-electron chi connectivity index (χ1n) is 14.2. The Morgan fingerprint density at radius 1 is 0.432 bits per heavy atom. The van der Waals surface area contributed by atoms with Gasteiger partial charge in [-0.2, -0.15) is 0 Å². The zero-order valence-electron chi connectivity index (χ0n) is 27.2. The van der Waals surface area contributed by atoms with Crippen molar-refractivity contribution in [2.24, 2.45) is 0 Å². The van der Waals surface area contributed by atoms with E-state index in [0.717, 1.165) is 30.4 Å². The van der Waals surface area contributed by atoms with Crippen molar-refractivity contribution in [3.8, 4) is 46.0 Å². The summed E-state index contributed by atoms with van der Waals surface area (Å²) in [6.45, 7) is -0.0636. The van der Waals surface area contributed by atoms with Crippen molar-refractivity contribution < 1.29 is 61.9 Å². The number of hydrogen-bond donors (Lipinski definition) is 1. The van der Waals surface area contributed by atoms with Crippen LogP contribution in [0.2, 0.25) is 0 Å². The maximum absolute atomic E-state index is 9.79. The highest BCUT2D eigenvalue weighted by molar-refractivity contribution is 5.67. The molecule has 44 heavy (non-hydrogen) atoms. The van der Waals surface area contributed by atoms with Crippen molar-refractivity contribution in [3.63, 3.8) is 0 Å². The van der Waals surface area contributed by atoms with Crippen LogP contribution in [0.15, 0.2) is 6.07 Å². The summed E-state index contributed by atoms with van der Waals surface area (Å²) in [5.41, 5.74) is 2.16. The lowest BCUT2D eigenvalue weighted by atomic mass is 9.97. The van der Waals surface area contributed by atoms with Crippen molar-refractivity contribution in [2.45, 2.75) is 38.5 Å². The maximum atomic E-state index is 9.79. The van der Waals surface area contributed by atoms with Crippen LogP contribution >= 0.6 is 0 Å². The fourth-order valence-electron chi connectivity index (χ4n) is 4.83. The number of aliphatic hydroxyl groups is 1. The largest absolute Gasteiger partial charge is 0.493 e. The molecule has 2 rings (SSSR count). The van der Waals surface area contributed by atoms with Gasteiger partial charge >= 0.3 is 0 Å². The van der Waals surface area contributed by atoms with Crippen LogP contribution in [0, 0.1) is 0 Å². The van der Waals surface area contributed by atoms with Crippen molar-refractivity contribution in [3.05, 3.63) is 22.8 Å². The van der Waals surface area contributed by atoms with Gasteiger partial charge in [0.25, 0.3) is 0 Å². The molecule has 0 aliphatic carbocycles. The van der Waals surface area contributed by atoms with E-state index in [1.54, 1.807) is 48.7 Å². The minimum atomic E-state index is -0.131. The molecular formula is C31H48O13. The fraction of sp³-hybridized carbons (Fsp3) is 0.613. The molecule has 2 aromatic rings. The van der Waals surface area contributed by atoms with E-state index < -0.39 is 0 Å². The molecule has 2 aromatic carbocycles. The third-order valence-corrected chi connectivity index (χ3v) is 6.61. The molecule has 1 N–H and O–H groups in total. The highest BCUT2D eigenvalue weighted by atomic mass is 16.7. The Morgan fingerprint density at radius 3 is 1.30 bits per heavy atom. The highest BCUT2D eigenvalue weighted by Crippen LogP contribution is 2.50. The van der Waals surface area contributed by atoms with Crippen LogP contribution in [0.4, 0.5) is 0 Å². The number of aliphatic hydroxyl groups excluding tert-OH is 1. The molecule has 0 aliphatic rings. The van der Waals surface area contributed by atoms with Crippen molar-refractivity contribution >= 4 is 0 Å². The van der Waals surface area contributed by atoms with E-state index in [2.05, 4.69) is 0 Å². The molecule has 0 saturated carbocycles. The highest BCUT2D eigenvalue weighted by Gasteiger charge is 2.28. The monoisotopic (exact) mass is 628 g/mol. The van der Waals surface area contributed by atoms with Crippen molar-refractivity contribution in [1.29, 1.82) is 0 Å². The Kier molecular flexibility index (Phi) is 17.2. The van der Waals surface area contributed by atoms with Crippen LogP contribution < -0.4 is 37.9 Å². The first-order chi connectivity index (χ1) is 21.5. The van der Waals surface area contributed by atoms with Gasteiger partial charge in [0.05, 0.1) is 28.4 Å². The molecule has 0 spiro atoms. The van der Waals surface area contributed by atoms with Gasteiger partial charge in [-0.1, -0.05) is 6.42 Å². The molecule has 13 heteroatoms. The Morgan fingerprint density at radius 2 is 0.864 bits per heavy atom. The predicted octanol–water partition coefficient (Wildman–Crippen LogP) is 4.14. The SMILES string of the molecule is COCOc1cc(OC)c(OCOC)c(CCCCCc2c(OC)c(OCOC)c(CCO)c(OC)c2OCOC)c1OC. The zero-order chi connectivity index (χ0) is 32.3. The average molecular weight is 629 g/mol. The van der Waals surface area contributed by atoms with Crippen LogP contribution in [-0.4, -0.2) is 95.8 Å². The Bertz CT molecular complexity index is 1120. The summed E-state index contributed by atoms with van der Waals surface area (Å²) in [7, 11) is 12.4. The first kappa shape index (κ1) is 36.8. The van der Waals surface area contributed by atoms with Crippen LogP contribution in [0.3, 0.4) is 0 Å². The molecular weight excluding hydrogens is 580 g/mol. The minimum absolute atomic E-state index is 0.00326. The third kappa shape index (κ3) is 9.57. The van der Waals surface area contributed by atoms with Gasteiger partial charge in [0.1, 0.15) is 0 Å². The molecule has 0 aliphatic heterocycles. The van der Waals surface area contributed by atoms with Gasteiger partial charge in [0, 0.05) is 64.2 Å². The number of rotatable bonds is 24. The lowest BCUT2D eigenvalue weighted by Gasteiger charge is -2.24. The minimum Gasteiger partial charge on any atom is -0.493 e. The van der Waals surface area contributed by atoms with Crippen LogP contribution in [0.1, 0.15) is 36.0 Å². The van der Waals surface area contributed by atoms with Gasteiger partial charge in [-0.25, -0.2) is 0 Å². The van der Waals surface area contributed by atoms with Crippen molar-refractivity contribution in [1.82, 2.24) is 0 Å². The molecule has 0 bridgehead atoms. The lowest BCUT2D eigenvalue weighted by molar-refractivity contribution is 0.0436. The number of benzene rings is 2. The second kappa shape index (κ2) is 20.6. The van der Waals surface area contributed by atoms with E-state index in [0.29, 0.717) is 64.4 Å². The quantitative estimate of drug-likeness (QED) is 0.132. The summed E-state index contributed by atoms with van der Waals surface area (Å²) >= 11 is 0. The lowest BCUT2D eigenvalue weighted by Crippen LogP contribution is -2.12. The summed E-state index contributed by atoms with van der Waals surface area (Å²) in [6.07, 6.45) is 3.80. The number of ether oxygens (including phenoxy) is 12. The third-order valence-electron chi connectivity index (χ3n) is 6.61. The summed E-state index contributed by atoms with van der Waals surface area (Å²) < 4.78 is 67.2. The molecule has 0 amide bonds. The van der Waals surface area contributed by atoms with Crippen molar-refractivity contribution in [2.75, 3.05) is 90.7 Å². The van der Waals surface area contributed by atoms with E-state index >= 15 is 0 Å². The van der Waals surface area contributed by atoms with E-state index in [9.17, 15) is 5.11 Å². The summed E-state index contributed by atoms with van der Waals surface area (Å²) in [6, 6.07) is 1.71. The molecule has 0 fully saturated rings. The van der Waals surface area contributed by atoms with Gasteiger partial charge in [-0.05, 0) is 25.7 Å². The van der Waals surface area contributed by atoms with Gasteiger partial charge in [-0.3, -0.25) is 0 Å². The second-order valence-corrected chi connectivity index (χ2v) is 9.34. The van der Waals surface area contributed by atoms with Crippen LogP contribution in [0.25, 0.3) is 0 Å². The van der Waals surface area contributed by atoms with Gasteiger partial charge < -0.3 is 61.9 Å². The Labute approximate surface area is 260 Å². The normalized spacial score (nSPS) is 10.8. The molecule has 0 atom stereocenters. The standard InChI is InChI=1S/C31H48O13/c1-33-17-41-25-16-24(37-5)27(42-18-34-2)21(26(25)38-6)12-10-9-11-13-22-28(39-7)31(44-20-36-4)23(14-15-32)29(40-8)30(22)43-19-35-3/h16,32H,9-15,17-20H2,1-8H3. The van der Waals surface area contributed by atoms with E-state index in [1.165, 1.54) is 14.2 Å². The Hall–Kier alpha value is -3.36. The molecule has 13 nitrogen and oxygen atoms in total. The molecule has 0 aromatic heterocycles. The smallest absolute Gasteiger partial charge is 0.188 e. The molecule has 0 saturated heterocycles. The van der Waals surface area contributed by atoms with E-state index in [1.807, 2.05) is 0 Å².